The van der Waals surface area contributed by atoms with Gasteiger partial charge < -0.3 is 25.3 Å². The lowest BCUT2D eigenvalue weighted by atomic mass is 9.86. The van der Waals surface area contributed by atoms with Gasteiger partial charge in [0, 0.05) is 86.8 Å². The number of aryl methyl sites for hydroxylation is 3. The molecule has 0 spiro atoms. The fraction of sp³-hybridized carbons (Fsp3) is 0.500. The molecule has 0 unspecified atom stereocenters. The molecule has 0 radical (unpaired) electrons. The van der Waals surface area contributed by atoms with Gasteiger partial charge in [0.1, 0.15) is 0 Å². The van der Waals surface area contributed by atoms with E-state index in [-0.39, 0.29) is 35.2 Å². The highest BCUT2D eigenvalue weighted by molar-refractivity contribution is 5.99. The lowest BCUT2D eigenvalue weighted by Gasteiger charge is -2.38. The highest BCUT2D eigenvalue weighted by Crippen LogP contribution is 2.41. The van der Waals surface area contributed by atoms with Crippen LogP contribution in [0.2, 0.25) is 0 Å². The van der Waals surface area contributed by atoms with Gasteiger partial charge >= 0.3 is 5.69 Å². The number of pyridine rings is 1. The number of aromatic amines is 1. The number of aromatic nitrogens is 3. The Kier molecular flexibility index (Phi) is 10.3. The number of carbonyl (C=O) groups excluding carboxylic acids is 2. The molecule has 0 aliphatic carbocycles. The zero-order valence-corrected chi connectivity index (χ0v) is 31.1. The smallest absolute Gasteiger partial charge is 0.329 e. The van der Waals surface area contributed by atoms with Gasteiger partial charge in [0.25, 0.3) is 5.56 Å². The van der Waals surface area contributed by atoms with Crippen LogP contribution < -0.4 is 21.9 Å². The SMILES string of the molecule is CCN(c1c(C)c(C(N)=O)cc(-c2ccc3c(c2)n(C)c(=O)n3C2CCN(C(=O)C(C)C)CC2)c1Cc1c(C)cc(C)[nH]c1=O)C1CCOCC1. The van der Waals surface area contributed by atoms with Crippen LogP contribution in [-0.4, -0.2) is 69.7 Å². The first kappa shape index (κ1) is 36.2. The highest BCUT2D eigenvalue weighted by atomic mass is 16.5. The number of carbonyl (C=O) groups is 2. The van der Waals surface area contributed by atoms with E-state index in [2.05, 4.69) is 16.8 Å². The van der Waals surface area contributed by atoms with E-state index < -0.39 is 5.91 Å². The van der Waals surface area contributed by atoms with E-state index in [0.29, 0.717) is 63.2 Å². The van der Waals surface area contributed by atoms with Gasteiger partial charge in [-0.05, 0) is 105 Å². The van der Waals surface area contributed by atoms with Gasteiger partial charge in [-0.15, -0.1) is 0 Å². The Morgan fingerprint density at radius 3 is 2.27 bits per heavy atom. The maximum absolute atomic E-state index is 13.8. The van der Waals surface area contributed by atoms with Crippen LogP contribution >= 0.6 is 0 Å². The number of fused-ring (bicyclic) bond motifs is 1. The Bertz CT molecular complexity index is 2090. The molecule has 3 N–H and O–H groups in total. The van der Waals surface area contributed by atoms with Gasteiger partial charge in [-0.3, -0.25) is 23.5 Å². The second kappa shape index (κ2) is 14.5. The molecule has 6 rings (SSSR count). The van der Waals surface area contributed by atoms with Crippen molar-refractivity contribution in [2.24, 2.45) is 18.7 Å². The Labute approximate surface area is 299 Å². The number of ether oxygens (including phenoxy) is 1. The molecule has 2 aliphatic heterocycles. The van der Waals surface area contributed by atoms with Crippen molar-refractivity contribution in [1.29, 1.82) is 0 Å². The van der Waals surface area contributed by atoms with Crippen molar-refractivity contribution in [3.8, 4) is 11.1 Å². The Balaban J connectivity index is 1.54. The molecule has 11 heteroatoms. The van der Waals surface area contributed by atoms with Gasteiger partial charge in [0.15, 0.2) is 0 Å². The van der Waals surface area contributed by atoms with Crippen LogP contribution in [-0.2, 0) is 23.0 Å². The van der Waals surface area contributed by atoms with Crippen LogP contribution in [0.25, 0.3) is 22.2 Å². The minimum atomic E-state index is -0.518. The van der Waals surface area contributed by atoms with Crippen LogP contribution in [0.3, 0.4) is 0 Å². The molecule has 11 nitrogen and oxygen atoms in total. The van der Waals surface area contributed by atoms with Crippen molar-refractivity contribution >= 4 is 28.5 Å². The molecule has 2 aliphatic rings. The Hall–Kier alpha value is -4.64. The molecule has 4 aromatic rings. The van der Waals surface area contributed by atoms with Crippen molar-refractivity contribution in [2.45, 2.75) is 85.7 Å². The van der Waals surface area contributed by atoms with Gasteiger partial charge in [0.05, 0.1) is 11.0 Å². The van der Waals surface area contributed by atoms with Crippen LogP contribution in [0, 0.1) is 26.7 Å². The monoisotopic (exact) mass is 696 g/mol. The van der Waals surface area contributed by atoms with Crippen LogP contribution in [0.5, 0.6) is 0 Å². The average molecular weight is 697 g/mol. The number of piperidine rings is 1. The van der Waals surface area contributed by atoms with E-state index in [1.807, 2.05) is 74.4 Å². The van der Waals surface area contributed by atoms with E-state index in [0.717, 1.165) is 63.1 Å². The van der Waals surface area contributed by atoms with Crippen molar-refractivity contribution in [3.05, 3.63) is 84.7 Å². The first-order chi connectivity index (χ1) is 24.3. The number of primary amides is 1. The van der Waals surface area contributed by atoms with Crippen LogP contribution in [0.15, 0.2) is 39.9 Å². The van der Waals surface area contributed by atoms with E-state index in [1.165, 1.54) is 0 Å². The Morgan fingerprint density at radius 2 is 1.67 bits per heavy atom. The number of nitrogens with one attached hydrogen (secondary N) is 1. The number of anilines is 1. The normalized spacial score (nSPS) is 16.0. The van der Waals surface area contributed by atoms with E-state index in [4.69, 9.17) is 10.5 Å². The number of nitrogens with zero attached hydrogens (tertiary/aromatic N) is 4. The molecule has 51 heavy (non-hydrogen) atoms. The summed E-state index contributed by atoms with van der Waals surface area (Å²) in [7, 11) is 1.79. The summed E-state index contributed by atoms with van der Waals surface area (Å²) in [6.07, 6.45) is 3.45. The number of hydrogen-bond acceptors (Lipinski definition) is 6. The summed E-state index contributed by atoms with van der Waals surface area (Å²) in [5.41, 5.74) is 14.5. The predicted octanol–water partition coefficient (Wildman–Crippen LogP) is 5.14. The topological polar surface area (TPSA) is 136 Å². The second-order valence-electron chi connectivity index (χ2n) is 14.7. The molecule has 2 aromatic heterocycles. The lowest BCUT2D eigenvalue weighted by molar-refractivity contribution is -0.135. The number of imidazole rings is 1. The number of nitrogens with two attached hydrogens (primary N) is 1. The number of amides is 2. The average Bonchev–Trinajstić information content (AvgIpc) is 3.35. The molecule has 4 heterocycles. The number of benzene rings is 2. The summed E-state index contributed by atoms with van der Waals surface area (Å²) in [6.45, 7) is 15.0. The van der Waals surface area contributed by atoms with Crippen LogP contribution in [0.4, 0.5) is 5.69 Å². The molecular formula is C40H52N6O5. The number of hydrogen-bond donors (Lipinski definition) is 2. The van der Waals surface area contributed by atoms with E-state index >= 15 is 0 Å². The van der Waals surface area contributed by atoms with Crippen molar-refractivity contribution in [2.75, 3.05) is 37.7 Å². The summed E-state index contributed by atoms with van der Waals surface area (Å²) < 4.78 is 9.29. The standard InChI is InChI=1S/C40H52N6O5/c1-8-45(28-13-17-51-18-14-28)36-26(6)31(37(41)47)22-32(33(36)21-30-24(4)19-25(5)42-38(30)48)27-9-10-34-35(20-27)43(7)40(50)46(34)29-11-15-44(16-12-29)39(49)23(2)3/h9-10,19-20,22-23,28-29H,8,11-18,21H2,1-7H3,(H2,41,47)(H,42,48). The molecule has 0 bridgehead atoms. The maximum Gasteiger partial charge on any atom is 0.329 e. The molecule has 272 valence electrons. The molecule has 0 atom stereocenters. The summed E-state index contributed by atoms with van der Waals surface area (Å²) in [4.78, 5) is 60.4. The third kappa shape index (κ3) is 6.76. The van der Waals surface area contributed by atoms with E-state index in [9.17, 15) is 19.2 Å². The van der Waals surface area contributed by atoms with Crippen molar-refractivity contribution in [3.63, 3.8) is 0 Å². The molecule has 2 fully saturated rings. The van der Waals surface area contributed by atoms with Crippen molar-refractivity contribution in [1.82, 2.24) is 19.0 Å². The predicted molar refractivity (Wildman–Crippen MR) is 202 cm³/mol. The molecule has 2 amide bonds. The zero-order chi connectivity index (χ0) is 36.7. The molecule has 2 saturated heterocycles. The number of rotatable bonds is 9. The maximum atomic E-state index is 13.8. The van der Waals surface area contributed by atoms with E-state index in [1.54, 1.807) is 11.6 Å². The summed E-state index contributed by atoms with van der Waals surface area (Å²) >= 11 is 0. The first-order valence-electron chi connectivity index (χ1n) is 18.3. The van der Waals surface area contributed by atoms with Gasteiger partial charge in [-0.1, -0.05) is 19.9 Å². The largest absolute Gasteiger partial charge is 0.381 e. The third-order valence-corrected chi connectivity index (χ3v) is 11.1. The second-order valence-corrected chi connectivity index (χ2v) is 14.7. The minimum absolute atomic E-state index is 0.0277. The Morgan fingerprint density at radius 1 is 0.980 bits per heavy atom. The number of H-pyrrole nitrogens is 1. The fourth-order valence-electron chi connectivity index (χ4n) is 8.37. The molecule has 0 saturated carbocycles. The minimum Gasteiger partial charge on any atom is -0.381 e. The third-order valence-electron chi connectivity index (χ3n) is 11.1. The quantitative estimate of drug-likeness (QED) is 0.249. The van der Waals surface area contributed by atoms with Gasteiger partial charge in [-0.2, -0.15) is 0 Å². The summed E-state index contributed by atoms with van der Waals surface area (Å²) in [5, 5.41) is 0. The zero-order valence-electron chi connectivity index (χ0n) is 31.1. The number of likely N-dealkylation sites (tertiary alicyclic amines) is 1. The lowest BCUT2D eigenvalue weighted by Crippen LogP contribution is -2.42. The molecular weight excluding hydrogens is 644 g/mol. The fourth-order valence-corrected chi connectivity index (χ4v) is 8.37. The highest BCUT2D eigenvalue weighted by Gasteiger charge is 2.31. The van der Waals surface area contributed by atoms with Gasteiger partial charge in [0.2, 0.25) is 11.8 Å². The summed E-state index contributed by atoms with van der Waals surface area (Å²) in [6, 6.07) is 10.0. The van der Waals surface area contributed by atoms with Gasteiger partial charge in [-0.25, -0.2) is 4.79 Å². The summed E-state index contributed by atoms with van der Waals surface area (Å²) in [5.74, 6) is -0.430. The van der Waals surface area contributed by atoms with Crippen LogP contribution in [0.1, 0.15) is 90.8 Å². The molecule has 2 aromatic carbocycles. The first-order valence-corrected chi connectivity index (χ1v) is 18.3. The van der Waals surface area contributed by atoms with Crippen molar-refractivity contribution < 1.29 is 14.3 Å².